The first-order valence-corrected chi connectivity index (χ1v) is 8.34. The lowest BCUT2D eigenvalue weighted by Gasteiger charge is -2.44. The molecule has 6 nitrogen and oxygen atoms in total. The average molecular weight is 307 g/mol. The zero-order valence-electron chi connectivity index (χ0n) is 13.4. The van der Waals surface area contributed by atoms with Crippen LogP contribution in [0.4, 0.5) is 4.79 Å². The molecule has 3 rings (SSSR count). The van der Waals surface area contributed by atoms with Gasteiger partial charge in [-0.25, -0.2) is 4.79 Å². The number of amides is 4. The van der Waals surface area contributed by atoms with E-state index in [0.717, 1.165) is 24.3 Å². The van der Waals surface area contributed by atoms with Crippen LogP contribution in [-0.4, -0.2) is 52.3 Å². The van der Waals surface area contributed by atoms with Crippen molar-refractivity contribution in [2.45, 2.75) is 64.0 Å². The fourth-order valence-corrected chi connectivity index (χ4v) is 4.12. The second-order valence-corrected chi connectivity index (χ2v) is 7.29. The maximum Gasteiger partial charge on any atom is 0.325 e. The molecule has 0 aromatic carbocycles. The van der Waals surface area contributed by atoms with Crippen molar-refractivity contribution < 1.29 is 14.4 Å². The number of piperidine rings is 1. The first kappa shape index (κ1) is 15.3. The van der Waals surface area contributed by atoms with Crippen molar-refractivity contribution in [1.29, 1.82) is 0 Å². The second kappa shape index (κ2) is 5.56. The van der Waals surface area contributed by atoms with Crippen molar-refractivity contribution in [3.8, 4) is 0 Å². The summed E-state index contributed by atoms with van der Waals surface area (Å²) in [4.78, 5) is 39.8. The number of imide groups is 1. The van der Waals surface area contributed by atoms with Gasteiger partial charge in [0.2, 0.25) is 5.91 Å². The molecule has 4 amide bonds. The summed E-state index contributed by atoms with van der Waals surface area (Å²) in [6.07, 6.45) is 6.90. The Hall–Kier alpha value is -1.59. The third kappa shape index (κ3) is 2.59. The third-order valence-electron chi connectivity index (χ3n) is 5.30. The number of carbonyl (C=O) groups excluding carboxylic acids is 3. The fraction of sp³-hybridized carbons (Fsp3) is 0.812. The van der Waals surface area contributed by atoms with Crippen molar-refractivity contribution in [2.24, 2.45) is 5.92 Å². The molecule has 3 fully saturated rings. The number of rotatable bonds is 2. The van der Waals surface area contributed by atoms with Gasteiger partial charge < -0.3 is 10.2 Å². The average Bonchev–Trinajstić information content (AvgIpc) is 2.68. The first-order chi connectivity index (χ1) is 10.4. The molecule has 0 unspecified atom stereocenters. The van der Waals surface area contributed by atoms with Crippen molar-refractivity contribution in [3.63, 3.8) is 0 Å². The fourth-order valence-electron chi connectivity index (χ4n) is 4.12. The van der Waals surface area contributed by atoms with Crippen LogP contribution < -0.4 is 5.32 Å². The molecule has 2 heterocycles. The van der Waals surface area contributed by atoms with Crippen LogP contribution in [0.2, 0.25) is 0 Å². The summed E-state index contributed by atoms with van der Waals surface area (Å²) in [7, 11) is 0. The van der Waals surface area contributed by atoms with Crippen LogP contribution in [0.5, 0.6) is 0 Å². The third-order valence-corrected chi connectivity index (χ3v) is 5.30. The highest BCUT2D eigenvalue weighted by Crippen LogP contribution is 2.35. The zero-order valence-corrected chi connectivity index (χ0v) is 13.4. The van der Waals surface area contributed by atoms with Crippen molar-refractivity contribution in [1.82, 2.24) is 15.1 Å². The van der Waals surface area contributed by atoms with Gasteiger partial charge in [0.05, 0.1) is 0 Å². The largest absolute Gasteiger partial charge is 0.338 e. The molecule has 2 atom stereocenters. The molecule has 3 aliphatic rings. The quantitative estimate of drug-likeness (QED) is 0.786. The van der Waals surface area contributed by atoms with Gasteiger partial charge in [-0.05, 0) is 45.4 Å². The normalized spacial score (nSPS) is 31.0. The summed E-state index contributed by atoms with van der Waals surface area (Å²) in [5, 5.41) is 2.62. The van der Waals surface area contributed by atoms with Crippen LogP contribution in [0.1, 0.15) is 52.4 Å². The van der Waals surface area contributed by atoms with E-state index in [4.69, 9.17) is 0 Å². The van der Waals surface area contributed by atoms with Crippen molar-refractivity contribution in [2.75, 3.05) is 13.1 Å². The smallest absolute Gasteiger partial charge is 0.325 e. The summed E-state index contributed by atoms with van der Waals surface area (Å²) in [6.45, 7) is 3.95. The van der Waals surface area contributed by atoms with E-state index in [1.54, 1.807) is 13.8 Å². The first-order valence-electron chi connectivity index (χ1n) is 8.34. The van der Waals surface area contributed by atoms with Gasteiger partial charge in [-0.1, -0.05) is 12.8 Å². The van der Waals surface area contributed by atoms with Crippen LogP contribution in [0, 0.1) is 5.92 Å². The minimum Gasteiger partial charge on any atom is -0.338 e. The highest BCUT2D eigenvalue weighted by Gasteiger charge is 2.46. The summed E-state index contributed by atoms with van der Waals surface area (Å²) in [6, 6.07) is -0.149. The number of hydrogen-bond donors (Lipinski definition) is 1. The van der Waals surface area contributed by atoms with Crippen molar-refractivity contribution in [3.05, 3.63) is 0 Å². The number of urea groups is 1. The van der Waals surface area contributed by atoms with Crippen LogP contribution in [-0.2, 0) is 9.59 Å². The molecule has 2 aliphatic heterocycles. The molecule has 1 aliphatic carbocycles. The predicted molar refractivity (Wildman–Crippen MR) is 81.0 cm³/mol. The highest BCUT2D eigenvalue weighted by atomic mass is 16.2. The molecule has 122 valence electrons. The molecule has 0 aromatic rings. The van der Waals surface area contributed by atoms with Crippen LogP contribution >= 0.6 is 0 Å². The van der Waals surface area contributed by atoms with Gasteiger partial charge in [-0.15, -0.1) is 0 Å². The summed E-state index contributed by atoms with van der Waals surface area (Å²) in [5.41, 5.74) is -0.910. The van der Waals surface area contributed by atoms with Gasteiger partial charge in [-0.3, -0.25) is 14.5 Å². The Labute approximate surface area is 131 Å². The number of fused-ring (bicyclic) bond motifs is 1. The SMILES string of the molecule is CC1(C)NC(=O)N(CC(=O)N2CCC[C@H]3CCCC[C@@H]32)C1=O. The molecular formula is C16H25N3O3. The maximum absolute atomic E-state index is 12.7. The van der Waals surface area contributed by atoms with Gasteiger partial charge >= 0.3 is 6.03 Å². The maximum atomic E-state index is 12.7. The molecule has 0 spiro atoms. The van der Waals surface area contributed by atoms with Gasteiger partial charge in [0.15, 0.2) is 0 Å². The molecule has 2 saturated heterocycles. The number of carbonyl (C=O) groups is 3. The van der Waals surface area contributed by atoms with E-state index in [-0.39, 0.29) is 18.4 Å². The topological polar surface area (TPSA) is 69.7 Å². The van der Waals surface area contributed by atoms with Gasteiger partial charge in [0, 0.05) is 12.6 Å². The number of likely N-dealkylation sites (tertiary alicyclic amines) is 1. The lowest BCUT2D eigenvalue weighted by molar-refractivity contribution is -0.142. The number of nitrogens with one attached hydrogen (secondary N) is 1. The molecular weight excluding hydrogens is 282 g/mol. The van der Waals surface area contributed by atoms with Crippen LogP contribution in [0.25, 0.3) is 0 Å². The second-order valence-electron chi connectivity index (χ2n) is 7.29. The minimum absolute atomic E-state index is 0.0854. The van der Waals surface area contributed by atoms with E-state index >= 15 is 0 Å². The Bertz CT molecular complexity index is 501. The molecule has 6 heteroatoms. The van der Waals surface area contributed by atoms with Gasteiger partial charge in [-0.2, -0.15) is 0 Å². The van der Waals surface area contributed by atoms with E-state index < -0.39 is 11.6 Å². The van der Waals surface area contributed by atoms with E-state index in [9.17, 15) is 14.4 Å². The lowest BCUT2D eigenvalue weighted by Crippen LogP contribution is -2.53. The molecule has 22 heavy (non-hydrogen) atoms. The van der Waals surface area contributed by atoms with Crippen LogP contribution in [0.15, 0.2) is 0 Å². The van der Waals surface area contributed by atoms with E-state index in [1.165, 1.54) is 25.7 Å². The highest BCUT2D eigenvalue weighted by molar-refractivity contribution is 6.08. The standard InChI is InChI=1S/C16H25N3O3/c1-16(2)14(21)19(15(22)17-16)10-13(20)18-9-5-7-11-6-3-4-8-12(11)18/h11-12H,3-10H2,1-2H3,(H,17,22)/t11-,12+/m1/s1. The summed E-state index contributed by atoms with van der Waals surface area (Å²) < 4.78 is 0. The monoisotopic (exact) mass is 307 g/mol. The summed E-state index contributed by atoms with van der Waals surface area (Å²) in [5.74, 6) is 0.201. The Morgan fingerprint density at radius 3 is 2.55 bits per heavy atom. The minimum atomic E-state index is -0.910. The van der Waals surface area contributed by atoms with Crippen molar-refractivity contribution >= 4 is 17.8 Å². The Morgan fingerprint density at radius 2 is 1.86 bits per heavy atom. The lowest BCUT2D eigenvalue weighted by atomic mass is 9.78. The van der Waals surface area contributed by atoms with E-state index in [0.29, 0.717) is 12.0 Å². The van der Waals surface area contributed by atoms with E-state index in [1.807, 2.05) is 4.90 Å². The summed E-state index contributed by atoms with van der Waals surface area (Å²) >= 11 is 0. The Balaban J connectivity index is 1.69. The Morgan fingerprint density at radius 1 is 1.18 bits per heavy atom. The van der Waals surface area contributed by atoms with Gasteiger partial charge in [0.1, 0.15) is 12.1 Å². The molecule has 0 radical (unpaired) electrons. The zero-order chi connectivity index (χ0) is 15.9. The van der Waals surface area contributed by atoms with E-state index in [2.05, 4.69) is 5.32 Å². The molecule has 1 N–H and O–H groups in total. The molecule has 0 bridgehead atoms. The van der Waals surface area contributed by atoms with Gasteiger partial charge in [0.25, 0.3) is 5.91 Å². The predicted octanol–water partition coefficient (Wildman–Crippen LogP) is 1.50. The van der Waals surface area contributed by atoms with Crippen LogP contribution in [0.3, 0.4) is 0 Å². The Kier molecular flexibility index (Phi) is 3.87. The molecule has 0 aromatic heterocycles. The number of hydrogen-bond acceptors (Lipinski definition) is 3. The molecule has 1 saturated carbocycles. The number of nitrogens with zero attached hydrogens (tertiary/aromatic N) is 2.